The first-order valence-corrected chi connectivity index (χ1v) is 9.34. The quantitative estimate of drug-likeness (QED) is 0.518. The Morgan fingerprint density at radius 3 is 1.93 bits per heavy atom. The molecule has 0 aliphatic carbocycles. The number of carbonyl (C=O) groups is 4. The van der Waals surface area contributed by atoms with Gasteiger partial charge in [-0.3, -0.25) is 9.59 Å². The van der Waals surface area contributed by atoms with E-state index in [2.05, 4.69) is 0 Å². The molecule has 0 aromatic heterocycles. The van der Waals surface area contributed by atoms with Gasteiger partial charge in [-0.1, -0.05) is 45.0 Å². The Labute approximate surface area is 175 Å². The third-order valence-corrected chi connectivity index (χ3v) is 4.14. The molecule has 2 rings (SSSR count). The van der Waals surface area contributed by atoms with Gasteiger partial charge in [0.1, 0.15) is 19.1 Å². The number of hydrogen-bond acceptors (Lipinski definition) is 6. The van der Waals surface area contributed by atoms with Crippen LogP contribution in [0.4, 0.5) is 0 Å². The highest BCUT2D eigenvalue weighted by Crippen LogP contribution is 2.16. The molecule has 0 fully saturated rings. The van der Waals surface area contributed by atoms with Crippen LogP contribution in [0.5, 0.6) is 5.75 Å². The maximum atomic E-state index is 12.2. The van der Waals surface area contributed by atoms with E-state index in [0.29, 0.717) is 17.7 Å². The summed E-state index contributed by atoms with van der Waals surface area (Å²) in [7, 11) is 0. The van der Waals surface area contributed by atoms with Gasteiger partial charge in [0.25, 0.3) is 0 Å². The molecule has 160 valence electrons. The fraction of sp³-hybridized carbons (Fsp3) is 0.304. The minimum atomic E-state index is -0.853. The van der Waals surface area contributed by atoms with E-state index in [-0.39, 0.29) is 18.5 Å². The number of carboxylic acid groups (broad SMARTS) is 1. The van der Waals surface area contributed by atoms with E-state index >= 15 is 0 Å². The summed E-state index contributed by atoms with van der Waals surface area (Å²) in [5.41, 5.74) is 2.01. The molecule has 7 heteroatoms. The summed E-state index contributed by atoms with van der Waals surface area (Å²) >= 11 is 0. The summed E-state index contributed by atoms with van der Waals surface area (Å²) in [5.74, 6) is -1.87. The third kappa shape index (κ3) is 7.87. The van der Waals surface area contributed by atoms with E-state index in [0.717, 1.165) is 11.1 Å². The Balaban J connectivity index is 0.00000218. The molecule has 0 heterocycles. The molecule has 7 nitrogen and oxygen atoms in total. The summed E-state index contributed by atoms with van der Waals surface area (Å²) in [6.07, 6.45) is 0.401. The van der Waals surface area contributed by atoms with Gasteiger partial charge in [-0.25, -0.2) is 4.79 Å². The number of aliphatic carboxylic acids is 1. The standard InChI is InChI=1S/C22H24O6.CH2O/c1-14(2)21(25)28-19-10-6-17(7-11-19)13-27-22(26)18-8-4-16(5-9-18)12-15(3)20(23)24;1-2/h4-11,14-15H,12-13H2,1-3H3,(H,23,24);1H2. The number of ether oxygens (including phenoxy) is 2. The molecular weight excluding hydrogens is 388 g/mol. The average Bonchev–Trinajstić information content (AvgIpc) is 2.74. The first-order valence-electron chi connectivity index (χ1n) is 9.34. The fourth-order valence-corrected chi connectivity index (χ4v) is 2.34. The minimum Gasteiger partial charge on any atom is -0.481 e. The van der Waals surface area contributed by atoms with Gasteiger partial charge < -0.3 is 19.4 Å². The van der Waals surface area contributed by atoms with Crippen LogP contribution in [0.3, 0.4) is 0 Å². The summed E-state index contributed by atoms with van der Waals surface area (Å²) in [5, 5.41) is 8.95. The van der Waals surface area contributed by atoms with Gasteiger partial charge in [-0.05, 0) is 41.8 Å². The Morgan fingerprint density at radius 1 is 0.900 bits per heavy atom. The molecule has 0 aliphatic rings. The highest BCUT2D eigenvalue weighted by molar-refractivity contribution is 5.89. The SMILES string of the molecule is C=O.CC(C)C(=O)Oc1ccc(COC(=O)c2ccc(CC(C)C(=O)O)cc2)cc1. The van der Waals surface area contributed by atoms with Crippen molar-refractivity contribution in [2.45, 2.75) is 33.8 Å². The number of carbonyl (C=O) groups excluding carboxylic acids is 3. The molecule has 2 aromatic rings. The van der Waals surface area contributed by atoms with E-state index in [1.807, 2.05) is 6.79 Å². The van der Waals surface area contributed by atoms with Crippen LogP contribution in [0.1, 0.15) is 42.3 Å². The Kier molecular flexibility index (Phi) is 9.96. The average molecular weight is 414 g/mol. The van der Waals surface area contributed by atoms with E-state index in [1.54, 1.807) is 69.3 Å². The minimum absolute atomic E-state index is 0.0923. The number of hydrogen-bond donors (Lipinski definition) is 1. The maximum Gasteiger partial charge on any atom is 0.338 e. The first kappa shape index (κ1) is 24.6. The number of benzene rings is 2. The molecule has 1 atom stereocenters. The van der Waals surface area contributed by atoms with Gasteiger partial charge in [0.05, 0.1) is 17.4 Å². The van der Waals surface area contributed by atoms with Crippen molar-refractivity contribution >= 4 is 24.7 Å². The third-order valence-electron chi connectivity index (χ3n) is 4.14. The number of rotatable bonds is 8. The fourth-order valence-electron chi connectivity index (χ4n) is 2.34. The number of carboxylic acids is 1. The largest absolute Gasteiger partial charge is 0.481 e. The van der Waals surface area contributed by atoms with E-state index in [1.165, 1.54) is 0 Å². The molecule has 1 N–H and O–H groups in total. The van der Waals surface area contributed by atoms with Crippen LogP contribution in [0.25, 0.3) is 0 Å². The number of esters is 2. The maximum absolute atomic E-state index is 12.2. The van der Waals surface area contributed by atoms with Crippen molar-refractivity contribution in [2.24, 2.45) is 11.8 Å². The predicted molar refractivity (Wildman–Crippen MR) is 110 cm³/mol. The molecule has 1 unspecified atom stereocenters. The smallest absolute Gasteiger partial charge is 0.338 e. The molecule has 0 radical (unpaired) electrons. The Bertz CT molecular complexity index is 839. The van der Waals surface area contributed by atoms with Crippen molar-refractivity contribution in [1.82, 2.24) is 0 Å². The molecule has 0 aliphatic heterocycles. The summed E-state index contributed by atoms with van der Waals surface area (Å²) < 4.78 is 10.5. The lowest BCUT2D eigenvalue weighted by Gasteiger charge is -2.09. The molecule has 0 saturated heterocycles. The molecule has 0 saturated carbocycles. The van der Waals surface area contributed by atoms with Crippen LogP contribution in [0.15, 0.2) is 48.5 Å². The summed E-state index contributed by atoms with van der Waals surface area (Å²) in [4.78, 5) is 42.6. The van der Waals surface area contributed by atoms with Crippen LogP contribution < -0.4 is 4.74 Å². The lowest BCUT2D eigenvalue weighted by molar-refractivity contribution is -0.141. The van der Waals surface area contributed by atoms with Crippen molar-refractivity contribution in [3.8, 4) is 5.75 Å². The second-order valence-corrected chi connectivity index (χ2v) is 6.94. The summed E-state index contributed by atoms with van der Waals surface area (Å²) in [6, 6.07) is 13.5. The highest BCUT2D eigenvalue weighted by atomic mass is 16.5. The van der Waals surface area contributed by atoms with Gasteiger partial charge in [-0.2, -0.15) is 0 Å². The second kappa shape index (κ2) is 12.2. The van der Waals surface area contributed by atoms with Crippen molar-refractivity contribution in [1.29, 1.82) is 0 Å². The van der Waals surface area contributed by atoms with Crippen LogP contribution in [-0.2, 0) is 32.1 Å². The lowest BCUT2D eigenvalue weighted by Crippen LogP contribution is -2.14. The van der Waals surface area contributed by atoms with Gasteiger partial charge in [0.2, 0.25) is 0 Å². The topological polar surface area (TPSA) is 107 Å². The zero-order chi connectivity index (χ0) is 22.7. The Morgan fingerprint density at radius 2 is 1.43 bits per heavy atom. The lowest BCUT2D eigenvalue weighted by atomic mass is 10.0. The van der Waals surface area contributed by atoms with Gasteiger partial charge in [0.15, 0.2) is 0 Å². The molecule has 0 spiro atoms. The van der Waals surface area contributed by atoms with Crippen LogP contribution in [0.2, 0.25) is 0 Å². The van der Waals surface area contributed by atoms with Crippen LogP contribution in [0, 0.1) is 11.8 Å². The molecule has 0 amide bonds. The van der Waals surface area contributed by atoms with Gasteiger partial charge in [-0.15, -0.1) is 0 Å². The molecule has 2 aromatic carbocycles. The van der Waals surface area contributed by atoms with Crippen LogP contribution in [-0.4, -0.2) is 29.8 Å². The van der Waals surface area contributed by atoms with Crippen LogP contribution >= 0.6 is 0 Å². The summed E-state index contributed by atoms with van der Waals surface area (Å²) in [6.45, 7) is 7.25. The van der Waals surface area contributed by atoms with E-state index in [4.69, 9.17) is 19.4 Å². The van der Waals surface area contributed by atoms with Crippen molar-refractivity contribution in [3.63, 3.8) is 0 Å². The highest BCUT2D eigenvalue weighted by Gasteiger charge is 2.13. The predicted octanol–water partition coefficient (Wildman–Crippen LogP) is 3.68. The molecule has 30 heavy (non-hydrogen) atoms. The van der Waals surface area contributed by atoms with Gasteiger partial charge >= 0.3 is 17.9 Å². The van der Waals surface area contributed by atoms with E-state index < -0.39 is 17.9 Å². The Hall–Kier alpha value is -3.48. The van der Waals surface area contributed by atoms with Gasteiger partial charge in [0, 0.05) is 0 Å². The molecular formula is C23H26O7. The molecule has 0 bridgehead atoms. The zero-order valence-corrected chi connectivity index (χ0v) is 17.3. The first-order chi connectivity index (χ1) is 14.3. The monoisotopic (exact) mass is 414 g/mol. The van der Waals surface area contributed by atoms with Crippen molar-refractivity contribution in [2.75, 3.05) is 0 Å². The zero-order valence-electron chi connectivity index (χ0n) is 17.3. The normalized spacial score (nSPS) is 11.1. The van der Waals surface area contributed by atoms with Crippen molar-refractivity contribution < 1.29 is 33.8 Å². The van der Waals surface area contributed by atoms with Crippen molar-refractivity contribution in [3.05, 3.63) is 65.2 Å². The second-order valence-electron chi connectivity index (χ2n) is 6.94. The van der Waals surface area contributed by atoms with E-state index in [9.17, 15) is 14.4 Å².